The van der Waals surface area contributed by atoms with Crippen LogP contribution < -0.4 is 10.6 Å². The number of amides is 4. The van der Waals surface area contributed by atoms with Crippen LogP contribution in [-0.4, -0.2) is 41.4 Å². The average Bonchev–Trinajstić information content (AvgIpc) is 2.72. The lowest BCUT2D eigenvalue weighted by atomic mass is 9.89. The van der Waals surface area contributed by atoms with Crippen molar-refractivity contribution in [3.8, 4) is 0 Å². The molecule has 0 bridgehead atoms. The Morgan fingerprint density at radius 3 is 2.81 bits per heavy atom. The molecule has 4 amide bonds. The maximum Gasteiger partial charge on any atom is 0.322 e. The van der Waals surface area contributed by atoms with Gasteiger partial charge in [0.15, 0.2) is 0 Å². The van der Waals surface area contributed by atoms with Gasteiger partial charge in [0.05, 0.1) is 6.54 Å². The summed E-state index contributed by atoms with van der Waals surface area (Å²) in [5.74, 6) is -0.450. The topological polar surface area (TPSA) is 78.5 Å². The number of hydrogen-bond donors (Lipinski definition) is 2. The van der Waals surface area contributed by atoms with Crippen molar-refractivity contribution in [1.29, 1.82) is 0 Å². The van der Waals surface area contributed by atoms with E-state index in [1.807, 2.05) is 18.2 Å². The third-order valence-electron chi connectivity index (χ3n) is 3.87. The molecule has 2 aliphatic heterocycles. The van der Waals surface area contributed by atoms with Crippen LogP contribution in [0.3, 0.4) is 0 Å². The van der Waals surface area contributed by atoms with E-state index in [0.717, 1.165) is 3.57 Å². The summed E-state index contributed by atoms with van der Waals surface area (Å²) >= 11 is 2.16. The van der Waals surface area contributed by atoms with Crippen molar-refractivity contribution >= 4 is 40.4 Å². The smallest absolute Gasteiger partial charge is 0.322 e. The molecule has 1 aromatic carbocycles. The van der Waals surface area contributed by atoms with Crippen LogP contribution in [0.25, 0.3) is 0 Å². The summed E-state index contributed by atoms with van der Waals surface area (Å²) in [6, 6.07) is 6.85. The summed E-state index contributed by atoms with van der Waals surface area (Å²) in [5.41, 5.74) is -0.365. The first-order valence-electron chi connectivity index (χ1n) is 6.69. The lowest BCUT2D eigenvalue weighted by Gasteiger charge is -2.38. The van der Waals surface area contributed by atoms with Crippen LogP contribution in [0.15, 0.2) is 24.3 Å². The number of rotatable bonds is 1. The molecule has 1 unspecified atom stereocenters. The molecular formula is C14H14IN3O3. The molecular weight excluding hydrogens is 385 g/mol. The van der Waals surface area contributed by atoms with Crippen LogP contribution in [-0.2, 0) is 4.79 Å². The maximum atomic E-state index is 12.6. The number of carbonyl (C=O) groups excluding carboxylic acids is 3. The standard InChI is InChI=1S/C14H14IN3O3/c15-10-4-1-3-9(7-10)11(19)18-6-2-5-14(8-18)12(20)16-13(21)17-14/h1,3-4,7H,2,5-6,8H2,(H2,16,17,20,21). The molecule has 2 N–H and O–H groups in total. The fraction of sp³-hybridized carbons (Fsp3) is 0.357. The van der Waals surface area contributed by atoms with Crippen LogP contribution >= 0.6 is 22.6 Å². The number of nitrogens with zero attached hydrogens (tertiary/aromatic N) is 1. The predicted molar refractivity (Wildman–Crippen MR) is 83.7 cm³/mol. The number of nitrogens with one attached hydrogen (secondary N) is 2. The Morgan fingerprint density at radius 2 is 2.14 bits per heavy atom. The van der Waals surface area contributed by atoms with Crippen molar-refractivity contribution in [2.75, 3.05) is 13.1 Å². The van der Waals surface area contributed by atoms with Crippen LogP contribution in [0, 0.1) is 3.57 Å². The number of likely N-dealkylation sites (tertiary alicyclic amines) is 1. The molecule has 21 heavy (non-hydrogen) atoms. The number of piperidine rings is 1. The molecule has 1 aromatic rings. The van der Waals surface area contributed by atoms with Gasteiger partial charge in [-0.25, -0.2) is 4.79 Å². The van der Waals surface area contributed by atoms with Crippen molar-refractivity contribution in [3.05, 3.63) is 33.4 Å². The Kier molecular flexibility index (Phi) is 3.60. The van der Waals surface area contributed by atoms with Gasteiger partial charge >= 0.3 is 6.03 Å². The molecule has 2 fully saturated rings. The van der Waals surface area contributed by atoms with Gasteiger partial charge in [-0.15, -0.1) is 0 Å². The summed E-state index contributed by atoms with van der Waals surface area (Å²) < 4.78 is 0.983. The van der Waals surface area contributed by atoms with Crippen molar-refractivity contribution in [1.82, 2.24) is 15.5 Å². The van der Waals surface area contributed by atoms with Gasteiger partial charge in [0.25, 0.3) is 11.8 Å². The number of carbonyl (C=O) groups is 3. The van der Waals surface area contributed by atoms with Gasteiger partial charge in [0.2, 0.25) is 0 Å². The first kappa shape index (κ1) is 14.3. The zero-order valence-corrected chi connectivity index (χ0v) is 13.3. The first-order chi connectivity index (χ1) is 10.00. The quantitative estimate of drug-likeness (QED) is 0.549. The van der Waals surface area contributed by atoms with Gasteiger partial charge in [-0.1, -0.05) is 6.07 Å². The minimum atomic E-state index is -0.965. The van der Waals surface area contributed by atoms with Gasteiger partial charge in [-0.05, 0) is 53.6 Å². The van der Waals surface area contributed by atoms with Gasteiger partial charge < -0.3 is 10.2 Å². The molecule has 6 nitrogen and oxygen atoms in total. The highest BCUT2D eigenvalue weighted by Gasteiger charge is 2.49. The number of hydrogen-bond acceptors (Lipinski definition) is 3. The highest BCUT2D eigenvalue weighted by atomic mass is 127. The minimum absolute atomic E-state index is 0.110. The van der Waals surface area contributed by atoms with E-state index in [4.69, 9.17) is 0 Å². The molecule has 2 heterocycles. The minimum Gasteiger partial charge on any atom is -0.336 e. The fourth-order valence-corrected chi connectivity index (χ4v) is 3.39. The number of imide groups is 1. The Bertz CT molecular complexity index is 634. The second-order valence-corrected chi connectivity index (χ2v) is 6.58. The second-order valence-electron chi connectivity index (χ2n) is 5.33. The van der Waals surface area contributed by atoms with Crippen LogP contribution in [0.1, 0.15) is 23.2 Å². The van der Waals surface area contributed by atoms with E-state index < -0.39 is 11.6 Å². The van der Waals surface area contributed by atoms with Crippen LogP contribution in [0.2, 0.25) is 0 Å². The molecule has 7 heteroatoms. The van der Waals surface area contributed by atoms with Crippen LogP contribution in [0.4, 0.5) is 4.79 Å². The second kappa shape index (κ2) is 5.28. The van der Waals surface area contributed by atoms with E-state index in [1.54, 1.807) is 11.0 Å². The molecule has 0 aromatic heterocycles. The highest BCUT2D eigenvalue weighted by Crippen LogP contribution is 2.25. The molecule has 3 rings (SSSR count). The molecule has 1 atom stereocenters. The molecule has 2 aliphatic rings. The summed E-state index contributed by atoms with van der Waals surface area (Å²) in [6.07, 6.45) is 1.24. The zero-order chi connectivity index (χ0) is 15.0. The number of halogens is 1. The van der Waals surface area contributed by atoms with Crippen molar-refractivity contribution in [2.24, 2.45) is 0 Å². The van der Waals surface area contributed by atoms with Crippen LogP contribution in [0.5, 0.6) is 0 Å². The van der Waals surface area contributed by atoms with Crippen molar-refractivity contribution in [3.63, 3.8) is 0 Å². The molecule has 1 spiro atoms. The van der Waals surface area contributed by atoms with E-state index in [9.17, 15) is 14.4 Å². The molecule has 0 saturated carbocycles. The highest BCUT2D eigenvalue weighted by molar-refractivity contribution is 14.1. The third kappa shape index (κ3) is 2.61. The summed E-state index contributed by atoms with van der Waals surface area (Å²) in [7, 11) is 0. The van der Waals surface area contributed by atoms with E-state index in [2.05, 4.69) is 33.2 Å². The van der Waals surface area contributed by atoms with Gasteiger partial charge in [-0.3, -0.25) is 14.9 Å². The third-order valence-corrected chi connectivity index (χ3v) is 4.54. The summed E-state index contributed by atoms with van der Waals surface area (Å²) in [6.45, 7) is 0.810. The lowest BCUT2D eigenvalue weighted by Crippen LogP contribution is -2.59. The Labute approximate surface area is 135 Å². The molecule has 2 saturated heterocycles. The first-order valence-corrected chi connectivity index (χ1v) is 7.76. The monoisotopic (exact) mass is 399 g/mol. The van der Waals surface area contributed by atoms with Gasteiger partial charge in [0, 0.05) is 15.7 Å². The Balaban J connectivity index is 1.82. The largest absolute Gasteiger partial charge is 0.336 e. The summed E-state index contributed by atoms with van der Waals surface area (Å²) in [5, 5.41) is 4.93. The van der Waals surface area contributed by atoms with E-state index in [-0.39, 0.29) is 18.4 Å². The summed E-state index contributed by atoms with van der Waals surface area (Å²) in [4.78, 5) is 37.6. The number of benzene rings is 1. The lowest BCUT2D eigenvalue weighted by molar-refractivity contribution is -0.125. The normalized spacial score (nSPS) is 24.9. The Hall–Kier alpha value is -1.64. The van der Waals surface area contributed by atoms with Crippen molar-refractivity contribution < 1.29 is 14.4 Å². The molecule has 110 valence electrons. The SMILES string of the molecule is O=C1NC(=O)C2(CCCN(C(=O)c3cccc(I)c3)C2)N1. The van der Waals surface area contributed by atoms with Gasteiger partial charge in [0.1, 0.15) is 5.54 Å². The van der Waals surface area contributed by atoms with E-state index in [1.165, 1.54) is 0 Å². The van der Waals surface area contributed by atoms with Gasteiger partial charge in [-0.2, -0.15) is 0 Å². The number of urea groups is 1. The van der Waals surface area contributed by atoms with E-state index in [0.29, 0.717) is 24.9 Å². The average molecular weight is 399 g/mol. The Morgan fingerprint density at radius 1 is 1.33 bits per heavy atom. The fourth-order valence-electron chi connectivity index (χ4n) is 2.85. The van der Waals surface area contributed by atoms with E-state index >= 15 is 0 Å². The molecule has 0 aliphatic carbocycles. The zero-order valence-electron chi connectivity index (χ0n) is 11.2. The maximum absolute atomic E-state index is 12.6. The predicted octanol–water partition coefficient (Wildman–Crippen LogP) is 1.11. The molecule has 0 radical (unpaired) electrons. The van der Waals surface area contributed by atoms with Crippen molar-refractivity contribution in [2.45, 2.75) is 18.4 Å².